The molecule has 0 aromatic heterocycles. The van der Waals surface area contributed by atoms with Crippen molar-refractivity contribution in [2.75, 3.05) is 31.6 Å². The molecule has 0 aliphatic heterocycles. The number of para-hydroxylation sites is 1. The lowest BCUT2D eigenvalue weighted by Gasteiger charge is -2.29. The van der Waals surface area contributed by atoms with Gasteiger partial charge in [0.25, 0.3) is 0 Å². The van der Waals surface area contributed by atoms with E-state index in [2.05, 4.69) is 24.4 Å². The van der Waals surface area contributed by atoms with Crippen LogP contribution in [-0.4, -0.2) is 54.0 Å². The summed E-state index contributed by atoms with van der Waals surface area (Å²) in [4.78, 5) is 14.3. The number of aliphatic hydroxyl groups is 1. The molecule has 0 saturated heterocycles. The molecule has 0 spiro atoms. The van der Waals surface area contributed by atoms with Crippen LogP contribution in [0.4, 0.5) is 10.5 Å². The summed E-state index contributed by atoms with van der Waals surface area (Å²) < 4.78 is 11.2. The maximum Gasteiger partial charge on any atom is 0.410 e. The van der Waals surface area contributed by atoms with Crippen LogP contribution in [0, 0.1) is 0 Å². The predicted molar refractivity (Wildman–Crippen MR) is 125 cm³/mol. The van der Waals surface area contributed by atoms with E-state index >= 15 is 0 Å². The Morgan fingerprint density at radius 2 is 1.77 bits per heavy atom. The molecule has 0 radical (unpaired) electrons. The number of carbonyl (C=O) groups is 1. The molecule has 0 heterocycles. The Morgan fingerprint density at radius 1 is 1.10 bits per heavy atom. The highest BCUT2D eigenvalue weighted by Crippen LogP contribution is 2.14. The summed E-state index contributed by atoms with van der Waals surface area (Å²) in [6.45, 7) is 9.25. The normalized spacial score (nSPS) is 12.2. The van der Waals surface area contributed by atoms with E-state index < -0.39 is 17.8 Å². The van der Waals surface area contributed by atoms with Crippen LogP contribution in [0.25, 0.3) is 0 Å². The fourth-order valence-electron chi connectivity index (χ4n) is 2.92. The van der Waals surface area contributed by atoms with Gasteiger partial charge in [0.15, 0.2) is 0 Å². The molecule has 0 aliphatic rings. The number of nitrogens with zero attached hydrogens (tertiary/aromatic N) is 1. The summed E-state index contributed by atoms with van der Waals surface area (Å²) in [7, 11) is 0. The topological polar surface area (TPSA) is 71.0 Å². The number of aliphatic hydroxyl groups excluding tert-OH is 1. The van der Waals surface area contributed by atoms with Gasteiger partial charge < -0.3 is 24.8 Å². The summed E-state index contributed by atoms with van der Waals surface area (Å²) in [6.07, 6.45) is 0.475. The number of ether oxygens (including phenoxy) is 2. The van der Waals surface area contributed by atoms with Crippen molar-refractivity contribution in [2.24, 2.45) is 0 Å². The molecular formula is C25H36N2O4. The molecule has 0 fully saturated rings. The summed E-state index contributed by atoms with van der Waals surface area (Å²) in [6, 6.07) is 17.5. The molecule has 170 valence electrons. The van der Waals surface area contributed by atoms with E-state index in [1.165, 1.54) is 0 Å². The Morgan fingerprint density at radius 3 is 2.39 bits per heavy atom. The van der Waals surface area contributed by atoms with Gasteiger partial charge in [0.1, 0.15) is 24.1 Å². The van der Waals surface area contributed by atoms with Crippen LogP contribution in [0.15, 0.2) is 54.6 Å². The van der Waals surface area contributed by atoms with Gasteiger partial charge in [-0.25, -0.2) is 4.79 Å². The first-order valence-corrected chi connectivity index (χ1v) is 10.9. The van der Waals surface area contributed by atoms with Crippen LogP contribution < -0.4 is 10.1 Å². The quantitative estimate of drug-likeness (QED) is 0.541. The molecule has 31 heavy (non-hydrogen) atoms. The number of benzene rings is 2. The molecule has 1 amide bonds. The number of nitrogens with one attached hydrogen (secondary N) is 1. The largest absolute Gasteiger partial charge is 0.491 e. The second-order valence-corrected chi connectivity index (χ2v) is 8.58. The van der Waals surface area contributed by atoms with Gasteiger partial charge >= 0.3 is 6.09 Å². The van der Waals surface area contributed by atoms with E-state index in [0.29, 0.717) is 18.7 Å². The van der Waals surface area contributed by atoms with Crippen molar-refractivity contribution in [2.45, 2.75) is 52.2 Å². The molecule has 0 aliphatic carbocycles. The zero-order valence-electron chi connectivity index (χ0n) is 19.1. The number of hydrogen-bond acceptors (Lipinski definition) is 5. The van der Waals surface area contributed by atoms with Crippen molar-refractivity contribution in [1.82, 2.24) is 4.90 Å². The number of carbonyl (C=O) groups excluding carboxylic acids is 1. The van der Waals surface area contributed by atoms with Crippen LogP contribution in [0.5, 0.6) is 5.75 Å². The van der Waals surface area contributed by atoms with Crippen LogP contribution >= 0.6 is 0 Å². The van der Waals surface area contributed by atoms with Gasteiger partial charge in [-0.05, 0) is 63.4 Å². The lowest BCUT2D eigenvalue weighted by molar-refractivity contribution is 0.00945. The minimum Gasteiger partial charge on any atom is -0.491 e. The van der Waals surface area contributed by atoms with Gasteiger partial charge in [-0.2, -0.15) is 0 Å². The van der Waals surface area contributed by atoms with Gasteiger partial charge in [-0.1, -0.05) is 37.3 Å². The van der Waals surface area contributed by atoms with Crippen molar-refractivity contribution >= 4 is 11.8 Å². The van der Waals surface area contributed by atoms with Crippen molar-refractivity contribution in [3.63, 3.8) is 0 Å². The highest BCUT2D eigenvalue weighted by atomic mass is 16.6. The monoisotopic (exact) mass is 428 g/mol. The van der Waals surface area contributed by atoms with E-state index in [-0.39, 0.29) is 13.2 Å². The summed E-state index contributed by atoms with van der Waals surface area (Å²) in [5.74, 6) is 0.683. The Hall–Kier alpha value is -2.73. The average molecular weight is 429 g/mol. The van der Waals surface area contributed by atoms with E-state index in [9.17, 15) is 9.90 Å². The maximum atomic E-state index is 12.7. The standard InChI is InChI=1S/C25H36N2O4/c1-5-16-26-21-13-11-20(12-14-21)15-17-27(24(29)31-25(2,3)4)18-22(28)19-30-23-9-7-6-8-10-23/h6-14,22,26,28H,5,15-19H2,1-4H3/t22-/m0/s1. The summed E-state index contributed by atoms with van der Waals surface area (Å²) in [5.41, 5.74) is 1.60. The molecule has 2 N–H and O–H groups in total. The Labute approximate surface area is 186 Å². The first-order chi connectivity index (χ1) is 14.8. The predicted octanol–water partition coefficient (Wildman–Crippen LogP) is 4.73. The Bertz CT molecular complexity index is 772. The molecule has 2 rings (SSSR count). The zero-order valence-corrected chi connectivity index (χ0v) is 19.1. The highest BCUT2D eigenvalue weighted by Gasteiger charge is 2.24. The van der Waals surface area contributed by atoms with Crippen molar-refractivity contribution in [3.05, 3.63) is 60.2 Å². The van der Waals surface area contributed by atoms with Crippen molar-refractivity contribution in [1.29, 1.82) is 0 Å². The number of amides is 1. The second-order valence-electron chi connectivity index (χ2n) is 8.58. The Kier molecular flexibility index (Phi) is 9.66. The molecule has 1 atom stereocenters. The second kappa shape index (κ2) is 12.2. The number of rotatable bonds is 11. The van der Waals surface area contributed by atoms with E-state index in [0.717, 1.165) is 24.2 Å². The lowest BCUT2D eigenvalue weighted by Crippen LogP contribution is -2.43. The summed E-state index contributed by atoms with van der Waals surface area (Å²) in [5, 5.41) is 13.8. The Balaban J connectivity index is 1.94. The first kappa shape index (κ1) is 24.5. The average Bonchev–Trinajstić information content (AvgIpc) is 2.74. The van der Waals surface area contributed by atoms with Gasteiger partial charge in [-0.15, -0.1) is 0 Å². The van der Waals surface area contributed by atoms with Crippen LogP contribution in [0.3, 0.4) is 0 Å². The van der Waals surface area contributed by atoms with Crippen LogP contribution in [-0.2, 0) is 11.2 Å². The van der Waals surface area contributed by atoms with Crippen LogP contribution in [0.1, 0.15) is 39.7 Å². The summed E-state index contributed by atoms with van der Waals surface area (Å²) >= 11 is 0. The maximum absolute atomic E-state index is 12.7. The fourth-order valence-corrected chi connectivity index (χ4v) is 2.92. The van der Waals surface area contributed by atoms with Crippen molar-refractivity contribution in [3.8, 4) is 5.75 Å². The third kappa shape index (κ3) is 9.75. The molecular weight excluding hydrogens is 392 g/mol. The number of anilines is 1. The molecule has 0 unspecified atom stereocenters. The zero-order chi connectivity index (χ0) is 22.7. The smallest absolute Gasteiger partial charge is 0.410 e. The molecule has 6 heteroatoms. The third-order valence-corrected chi connectivity index (χ3v) is 4.47. The van der Waals surface area contributed by atoms with E-state index in [4.69, 9.17) is 9.47 Å². The van der Waals surface area contributed by atoms with E-state index in [1.54, 1.807) is 4.90 Å². The molecule has 2 aromatic rings. The first-order valence-electron chi connectivity index (χ1n) is 10.9. The highest BCUT2D eigenvalue weighted by molar-refractivity contribution is 5.68. The molecule has 0 saturated carbocycles. The van der Waals surface area contributed by atoms with Crippen LogP contribution in [0.2, 0.25) is 0 Å². The van der Waals surface area contributed by atoms with Crippen molar-refractivity contribution < 1.29 is 19.4 Å². The van der Waals surface area contributed by atoms with Gasteiger partial charge in [0.05, 0.1) is 6.54 Å². The molecule has 6 nitrogen and oxygen atoms in total. The third-order valence-electron chi connectivity index (χ3n) is 4.47. The minimum absolute atomic E-state index is 0.0983. The van der Waals surface area contributed by atoms with E-state index in [1.807, 2.05) is 63.2 Å². The number of hydrogen-bond donors (Lipinski definition) is 2. The minimum atomic E-state index is -0.826. The SMILES string of the molecule is CCCNc1ccc(CCN(C[C@H](O)COc2ccccc2)C(=O)OC(C)(C)C)cc1. The van der Waals surface area contributed by atoms with Gasteiger partial charge in [0, 0.05) is 18.8 Å². The molecule has 2 aromatic carbocycles. The lowest BCUT2D eigenvalue weighted by atomic mass is 10.1. The molecule has 0 bridgehead atoms. The van der Waals surface area contributed by atoms with Gasteiger partial charge in [-0.3, -0.25) is 0 Å². The van der Waals surface area contributed by atoms with Gasteiger partial charge in [0.2, 0.25) is 0 Å². The fraction of sp³-hybridized carbons (Fsp3) is 0.480.